The first-order chi connectivity index (χ1) is 33.5. The second-order valence-electron chi connectivity index (χ2n) is 19.4. The van der Waals surface area contributed by atoms with E-state index in [0.29, 0.717) is 29.9 Å². The number of β-amino-alcohol motifs (C(OH)–C–C–N with tert-alkyl or cyclic N) is 1. The summed E-state index contributed by atoms with van der Waals surface area (Å²) in [5, 5.41) is 37.4. The largest absolute Gasteiger partial charge is 0.508 e. The van der Waals surface area contributed by atoms with E-state index >= 15 is 0 Å². The molecule has 5 N–H and O–H groups in total. The number of thiazole rings is 1. The van der Waals surface area contributed by atoms with Crippen molar-refractivity contribution in [3.8, 4) is 38.1 Å². The van der Waals surface area contributed by atoms with Gasteiger partial charge in [-0.15, -0.1) is 22.7 Å². The second-order valence-corrected chi connectivity index (χ2v) is 21.3. The lowest BCUT2D eigenvalue weighted by atomic mass is 9.85. The zero-order valence-corrected chi connectivity index (χ0v) is 42.5. The van der Waals surface area contributed by atoms with Crippen LogP contribution >= 0.6 is 22.7 Å². The van der Waals surface area contributed by atoms with Gasteiger partial charge in [-0.2, -0.15) is 0 Å². The van der Waals surface area contributed by atoms with Gasteiger partial charge in [0.05, 0.1) is 28.2 Å². The molecule has 0 spiro atoms. The minimum absolute atomic E-state index is 0.0189. The number of nitrogens with zero attached hydrogens (tertiary/aromatic N) is 3. The maximum atomic E-state index is 14.1. The molecule has 2 aromatic heterocycles. The fraction of sp³-hybridized carbons (Fsp3) is 0.400. The van der Waals surface area contributed by atoms with Crippen molar-refractivity contribution in [2.75, 3.05) is 33.3 Å². The molecule has 3 heterocycles. The van der Waals surface area contributed by atoms with Crippen LogP contribution in [0.15, 0.2) is 96.5 Å². The number of aryl methyl sites for hydroxylation is 1. The zero-order chi connectivity index (χ0) is 50.1. The fourth-order valence-electron chi connectivity index (χ4n) is 8.85. The van der Waals surface area contributed by atoms with Crippen molar-refractivity contribution in [3.05, 3.63) is 119 Å². The van der Waals surface area contributed by atoms with E-state index in [1.165, 1.54) is 16.2 Å². The monoisotopic (exact) mass is 987 g/mol. The minimum Gasteiger partial charge on any atom is -0.508 e. The third-order valence-corrected chi connectivity index (χ3v) is 15.1. The number of aliphatic hydroxyl groups excluding tert-OH is 1. The molecule has 0 unspecified atom stereocenters. The summed E-state index contributed by atoms with van der Waals surface area (Å²) in [6, 6.07) is 24.8. The van der Waals surface area contributed by atoms with Crippen molar-refractivity contribution in [2.24, 2.45) is 5.41 Å². The third-order valence-electron chi connectivity index (χ3n) is 12.9. The molecule has 370 valence electrons. The number of unbranched alkanes of at least 4 members (excludes halogenated alkanes) is 4. The van der Waals surface area contributed by atoms with Gasteiger partial charge >= 0.3 is 0 Å². The number of hydrogen-bond acceptors (Lipinski definition) is 12. The highest BCUT2D eigenvalue weighted by molar-refractivity contribution is 7.22. The van der Waals surface area contributed by atoms with Crippen molar-refractivity contribution >= 4 is 56.3 Å². The van der Waals surface area contributed by atoms with E-state index in [2.05, 4.69) is 27.6 Å². The molecule has 0 aliphatic carbocycles. The van der Waals surface area contributed by atoms with Crippen molar-refractivity contribution < 1.29 is 39.2 Å². The molecule has 0 radical (unpaired) electrons. The van der Waals surface area contributed by atoms with Crippen molar-refractivity contribution in [3.63, 3.8) is 0 Å². The number of thiophene rings is 1. The number of phenols is 2. The summed E-state index contributed by atoms with van der Waals surface area (Å²) in [4.78, 5) is 64.8. The van der Waals surface area contributed by atoms with Gasteiger partial charge in [-0.3, -0.25) is 19.2 Å². The molecule has 1 aliphatic rings. The number of amides is 3. The van der Waals surface area contributed by atoms with E-state index in [0.717, 1.165) is 81.0 Å². The highest BCUT2D eigenvalue weighted by atomic mass is 32.1. The van der Waals surface area contributed by atoms with Crippen LogP contribution in [0.4, 0.5) is 0 Å². The van der Waals surface area contributed by atoms with E-state index in [-0.39, 0.29) is 60.4 Å². The van der Waals surface area contributed by atoms with Gasteiger partial charge < -0.3 is 40.5 Å². The minimum atomic E-state index is -0.870. The number of hydrogen-bond donors (Lipinski definition) is 5. The topological polar surface area (TPSA) is 182 Å². The van der Waals surface area contributed by atoms with Crippen LogP contribution in [0.2, 0.25) is 0 Å². The van der Waals surface area contributed by atoms with E-state index in [9.17, 15) is 34.5 Å². The Morgan fingerprint density at radius 2 is 1.50 bits per heavy atom. The zero-order valence-electron chi connectivity index (χ0n) is 40.9. The first-order valence-corrected chi connectivity index (χ1v) is 25.8. The Bertz CT molecular complexity index is 2750. The Morgan fingerprint density at radius 3 is 2.19 bits per heavy atom. The lowest BCUT2D eigenvalue weighted by Crippen LogP contribution is -2.57. The highest BCUT2D eigenvalue weighted by Gasteiger charge is 2.44. The second kappa shape index (κ2) is 23.2. The molecule has 3 amide bonds. The normalized spacial score (nSPS) is 15.8. The summed E-state index contributed by atoms with van der Waals surface area (Å²) in [6.45, 7) is 11.7. The molecule has 6 aromatic rings. The first kappa shape index (κ1) is 51.7. The molecule has 1 saturated heterocycles. The number of carbonyl (C=O) groups excluding carboxylic acids is 4. The molecule has 70 heavy (non-hydrogen) atoms. The Morgan fingerprint density at radius 1 is 0.843 bits per heavy atom. The van der Waals surface area contributed by atoms with Crippen LogP contribution in [0, 0.1) is 12.3 Å². The molecule has 0 bridgehead atoms. The predicted molar refractivity (Wildman–Crippen MR) is 278 cm³/mol. The summed E-state index contributed by atoms with van der Waals surface area (Å²) in [6.07, 6.45) is 4.11. The number of rotatable bonds is 21. The molecule has 4 atom stereocenters. The Hall–Kier alpha value is -6.13. The number of carbonyl (C=O) groups is 4. The molecule has 13 nitrogen and oxygen atoms in total. The number of fused-ring (bicyclic) bond motifs is 1. The smallest absolute Gasteiger partial charge is 0.246 e. The van der Waals surface area contributed by atoms with Crippen LogP contribution < -0.4 is 15.4 Å². The molecular weight excluding hydrogens is 923 g/mol. The van der Waals surface area contributed by atoms with Gasteiger partial charge in [-0.1, -0.05) is 64.3 Å². The number of phenolic OH excluding ortho intramolecular Hbond substituents is 2. The third kappa shape index (κ3) is 13.0. The number of likely N-dealkylation sites (tertiary alicyclic amines) is 1. The maximum Gasteiger partial charge on any atom is 0.246 e. The van der Waals surface area contributed by atoms with Crippen molar-refractivity contribution in [1.82, 2.24) is 25.4 Å². The van der Waals surface area contributed by atoms with Gasteiger partial charge in [0.2, 0.25) is 17.7 Å². The average Bonchev–Trinajstić information content (AvgIpc) is 4.06. The van der Waals surface area contributed by atoms with Gasteiger partial charge in [-0.25, -0.2) is 4.98 Å². The SMILES string of the molecule is Cc1ncsc1-c1ccc([C@H](C)NC(=O)[C@@H]2C[C@@H](O)CN2C(=O)[C@@H](NC(=O)CCCCCCCN(C)CCOc2ccc(C(=O)c3c(-c4ccc(O)cc4)sc4cc(O)ccc34)cc2)C(C)(C)C)cc1. The van der Waals surface area contributed by atoms with Crippen LogP contribution in [-0.2, 0) is 14.4 Å². The van der Waals surface area contributed by atoms with Gasteiger partial charge in [0, 0.05) is 52.0 Å². The van der Waals surface area contributed by atoms with Crippen molar-refractivity contribution in [2.45, 2.75) is 104 Å². The fourth-order valence-corrected chi connectivity index (χ4v) is 10.9. The first-order valence-electron chi connectivity index (χ1n) is 24.1. The lowest BCUT2D eigenvalue weighted by molar-refractivity contribution is -0.144. The van der Waals surface area contributed by atoms with Gasteiger partial charge in [0.1, 0.15) is 35.9 Å². The number of aromatic hydroxyl groups is 2. The molecule has 15 heteroatoms. The number of aliphatic hydroxyl groups is 1. The van der Waals surface area contributed by atoms with E-state index in [1.54, 1.807) is 78.1 Å². The van der Waals surface area contributed by atoms with E-state index in [1.807, 2.05) is 64.4 Å². The van der Waals surface area contributed by atoms with Gasteiger partial charge in [-0.05, 0) is 129 Å². The number of ketones is 1. The summed E-state index contributed by atoms with van der Waals surface area (Å²) in [7, 11) is 2.06. The van der Waals surface area contributed by atoms with Crippen LogP contribution in [0.3, 0.4) is 0 Å². The predicted octanol–water partition coefficient (Wildman–Crippen LogP) is 9.66. The molecular formula is C55H65N5O8S2. The highest BCUT2D eigenvalue weighted by Crippen LogP contribution is 2.42. The van der Waals surface area contributed by atoms with Crippen LogP contribution in [0.1, 0.15) is 106 Å². The summed E-state index contributed by atoms with van der Waals surface area (Å²) < 4.78 is 6.83. The molecule has 1 fully saturated rings. The molecule has 0 saturated carbocycles. The van der Waals surface area contributed by atoms with Crippen molar-refractivity contribution in [1.29, 1.82) is 0 Å². The summed E-state index contributed by atoms with van der Waals surface area (Å²) in [5.41, 5.74) is 6.00. The number of aromatic nitrogens is 1. The van der Waals surface area contributed by atoms with E-state index in [4.69, 9.17) is 4.74 Å². The van der Waals surface area contributed by atoms with Gasteiger partial charge in [0.25, 0.3) is 0 Å². The molecule has 4 aromatic carbocycles. The summed E-state index contributed by atoms with van der Waals surface area (Å²) >= 11 is 3.00. The lowest BCUT2D eigenvalue weighted by Gasteiger charge is -2.35. The van der Waals surface area contributed by atoms with E-state index < -0.39 is 23.6 Å². The van der Waals surface area contributed by atoms with Crippen LogP contribution in [0.25, 0.3) is 31.0 Å². The maximum absolute atomic E-state index is 14.1. The molecule has 1 aliphatic heterocycles. The van der Waals surface area contributed by atoms with Crippen LogP contribution in [-0.4, -0.2) is 105 Å². The summed E-state index contributed by atoms with van der Waals surface area (Å²) in [5.74, 6) is -0.129. The Balaban J connectivity index is 0.801. The van der Waals surface area contributed by atoms with Gasteiger partial charge in [0.15, 0.2) is 5.78 Å². The number of likely N-dealkylation sites (N-methyl/N-ethyl adjacent to an activating group) is 1. The molecule has 7 rings (SSSR count). The van der Waals surface area contributed by atoms with Crippen LogP contribution in [0.5, 0.6) is 17.2 Å². The average molecular weight is 988 g/mol. The number of nitrogens with one attached hydrogen (secondary N) is 2. The number of benzene rings is 4. The number of ether oxygens (including phenoxy) is 1. The quantitative estimate of drug-likeness (QED) is 0.0344. The Labute approximate surface area is 418 Å². The Kier molecular flexibility index (Phi) is 17.1. The standard InChI is InChI=1S/C55H65N5O8S2/c1-34(36-13-15-38(16-14-36)50-35(2)56-33-69-50)57-53(66)45-30-42(63)32-60(45)54(67)52(55(3,4)5)58-47(64)12-10-8-7-9-11-27-59(6)28-29-68-43-24-19-37(20-25-43)49(65)48-44-26-23-41(62)31-46(44)70-51(48)39-17-21-40(61)22-18-39/h13-26,31,33-34,42,45,52,61-63H,7-12,27-30,32H2,1-6H3,(H,57,66)(H,58,64)/t34-,42+,45-,52+/m0/s1.